The molecule has 1 unspecified atom stereocenters. The molecule has 1 fully saturated rings. The number of esters is 1. The fourth-order valence-electron chi connectivity index (χ4n) is 3.41. The Balaban J connectivity index is 1.84. The maximum absolute atomic E-state index is 12.6. The second-order valence-corrected chi connectivity index (χ2v) is 7.23. The first kappa shape index (κ1) is 20.3. The molecule has 1 saturated heterocycles. The van der Waals surface area contributed by atoms with Crippen molar-refractivity contribution in [3.05, 3.63) is 69.8 Å². The van der Waals surface area contributed by atoms with Gasteiger partial charge in [0, 0.05) is 24.7 Å². The molecule has 2 N–H and O–H groups in total. The van der Waals surface area contributed by atoms with Gasteiger partial charge in [0.2, 0.25) is 6.10 Å². The van der Waals surface area contributed by atoms with Gasteiger partial charge in [0.1, 0.15) is 5.69 Å². The number of piperidine rings is 1. The average molecular weight is 397 g/mol. The van der Waals surface area contributed by atoms with Gasteiger partial charge in [0.25, 0.3) is 11.6 Å². The lowest BCUT2D eigenvalue weighted by atomic mass is 9.98. The number of primary amides is 1. The van der Waals surface area contributed by atoms with Crippen LogP contribution in [0.1, 0.15) is 41.8 Å². The minimum atomic E-state index is -1.27. The number of nitrogens with zero attached hydrogens (tertiary/aromatic N) is 2. The van der Waals surface area contributed by atoms with Crippen LogP contribution >= 0.6 is 0 Å². The second kappa shape index (κ2) is 8.72. The topological polar surface area (TPSA) is 116 Å². The smallest absolute Gasteiger partial charge is 0.339 e. The number of nitro benzene ring substituents is 1. The molecule has 29 heavy (non-hydrogen) atoms. The van der Waals surface area contributed by atoms with Crippen molar-refractivity contribution in [2.45, 2.75) is 25.9 Å². The standard InChI is InChI=1S/C21H23N3O5/c1-14-9-11-23(12-10-14)17-8-7-16(13-18(17)24(27)28)21(26)29-19(20(22)25)15-5-3-2-4-6-15/h2-8,13-14,19H,9-12H2,1H3,(H2,22,25). The molecule has 2 aromatic rings. The van der Waals surface area contributed by atoms with E-state index in [1.165, 1.54) is 12.1 Å². The van der Waals surface area contributed by atoms with Gasteiger partial charge in [-0.05, 0) is 30.9 Å². The van der Waals surface area contributed by atoms with Crippen molar-refractivity contribution in [1.29, 1.82) is 0 Å². The molecule has 0 aromatic heterocycles. The number of carbonyl (C=O) groups excluding carboxylic acids is 2. The number of nitro groups is 1. The third kappa shape index (κ3) is 4.71. The van der Waals surface area contributed by atoms with Crippen molar-refractivity contribution < 1.29 is 19.2 Å². The molecule has 1 amide bonds. The summed E-state index contributed by atoms with van der Waals surface area (Å²) < 4.78 is 5.27. The zero-order valence-electron chi connectivity index (χ0n) is 16.1. The van der Waals surface area contributed by atoms with Gasteiger partial charge in [-0.15, -0.1) is 0 Å². The molecule has 1 aliphatic heterocycles. The fraction of sp³-hybridized carbons (Fsp3) is 0.333. The van der Waals surface area contributed by atoms with E-state index in [2.05, 4.69) is 6.92 Å². The summed E-state index contributed by atoms with van der Waals surface area (Å²) in [4.78, 5) is 37.4. The first-order chi connectivity index (χ1) is 13.9. The largest absolute Gasteiger partial charge is 0.444 e. The molecule has 1 aliphatic rings. The Morgan fingerprint density at radius 3 is 2.41 bits per heavy atom. The molecule has 0 aliphatic carbocycles. The minimum Gasteiger partial charge on any atom is -0.444 e. The van der Waals surface area contributed by atoms with Gasteiger partial charge in [-0.1, -0.05) is 37.3 Å². The molecule has 0 radical (unpaired) electrons. The molecule has 2 aromatic carbocycles. The number of rotatable bonds is 6. The molecule has 1 heterocycles. The van der Waals surface area contributed by atoms with E-state index in [1.807, 2.05) is 4.90 Å². The van der Waals surface area contributed by atoms with Crippen LogP contribution in [-0.2, 0) is 9.53 Å². The number of ether oxygens (including phenoxy) is 1. The molecular weight excluding hydrogens is 374 g/mol. The Labute approximate surface area is 168 Å². The van der Waals surface area contributed by atoms with Crippen molar-refractivity contribution >= 4 is 23.3 Å². The summed E-state index contributed by atoms with van der Waals surface area (Å²) >= 11 is 0. The normalized spacial score (nSPS) is 15.6. The van der Waals surface area contributed by atoms with Crippen molar-refractivity contribution in [2.75, 3.05) is 18.0 Å². The van der Waals surface area contributed by atoms with Crippen LogP contribution in [0.25, 0.3) is 0 Å². The van der Waals surface area contributed by atoms with Crippen LogP contribution in [0.4, 0.5) is 11.4 Å². The van der Waals surface area contributed by atoms with E-state index in [9.17, 15) is 19.7 Å². The Morgan fingerprint density at radius 1 is 1.17 bits per heavy atom. The van der Waals surface area contributed by atoms with Gasteiger partial charge in [-0.25, -0.2) is 4.79 Å². The summed E-state index contributed by atoms with van der Waals surface area (Å²) in [6, 6.07) is 12.6. The van der Waals surface area contributed by atoms with E-state index in [4.69, 9.17) is 10.5 Å². The predicted molar refractivity (Wildman–Crippen MR) is 108 cm³/mol. The van der Waals surface area contributed by atoms with Crippen LogP contribution in [0, 0.1) is 16.0 Å². The van der Waals surface area contributed by atoms with Gasteiger partial charge in [0.05, 0.1) is 10.5 Å². The first-order valence-electron chi connectivity index (χ1n) is 9.45. The molecular formula is C21H23N3O5. The molecule has 0 spiro atoms. The maximum atomic E-state index is 12.6. The summed E-state index contributed by atoms with van der Waals surface area (Å²) in [6.45, 7) is 3.61. The zero-order valence-corrected chi connectivity index (χ0v) is 16.1. The molecule has 0 saturated carbocycles. The molecule has 152 valence electrons. The number of amides is 1. The fourth-order valence-corrected chi connectivity index (χ4v) is 3.41. The molecule has 0 bridgehead atoms. The zero-order chi connectivity index (χ0) is 21.0. The highest BCUT2D eigenvalue weighted by atomic mass is 16.6. The summed E-state index contributed by atoms with van der Waals surface area (Å²) in [5, 5.41) is 11.6. The maximum Gasteiger partial charge on any atom is 0.339 e. The van der Waals surface area contributed by atoms with Gasteiger partial charge >= 0.3 is 5.97 Å². The van der Waals surface area contributed by atoms with Crippen LogP contribution in [0.3, 0.4) is 0 Å². The van der Waals surface area contributed by atoms with Crippen LogP contribution in [0.5, 0.6) is 0 Å². The molecule has 8 heteroatoms. The van der Waals surface area contributed by atoms with Crippen molar-refractivity contribution in [3.8, 4) is 0 Å². The van der Waals surface area contributed by atoms with E-state index in [0.717, 1.165) is 25.9 Å². The quantitative estimate of drug-likeness (QED) is 0.454. The SMILES string of the molecule is CC1CCN(c2ccc(C(=O)OC(C(N)=O)c3ccccc3)cc2[N+](=O)[O-])CC1. The predicted octanol–water partition coefficient (Wildman–Crippen LogP) is 3.21. The third-order valence-electron chi connectivity index (χ3n) is 5.12. The average Bonchev–Trinajstić information content (AvgIpc) is 2.72. The van der Waals surface area contributed by atoms with Crippen molar-refractivity contribution in [2.24, 2.45) is 11.7 Å². The first-order valence-corrected chi connectivity index (χ1v) is 9.45. The number of hydrogen-bond donors (Lipinski definition) is 1. The lowest BCUT2D eigenvalue weighted by Crippen LogP contribution is -2.33. The van der Waals surface area contributed by atoms with E-state index in [-0.39, 0.29) is 11.3 Å². The van der Waals surface area contributed by atoms with E-state index >= 15 is 0 Å². The van der Waals surface area contributed by atoms with Crippen molar-refractivity contribution in [1.82, 2.24) is 0 Å². The number of nitrogens with two attached hydrogens (primary N) is 1. The number of anilines is 1. The number of benzene rings is 2. The molecule has 1 atom stereocenters. The summed E-state index contributed by atoms with van der Waals surface area (Å²) in [5.41, 5.74) is 6.12. The van der Waals surface area contributed by atoms with E-state index in [0.29, 0.717) is 17.2 Å². The Morgan fingerprint density at radius 2 is 1.83 bits per heavy atom. The van der Waals surface area contributed by atoms with Crippen LogP contribution < -0.4 is 10.6 Å². The van der Waals surface area contributed by atoms with Crippen LogP contribution in [-0.4, -0.2) is 29.9 Å². The highest BCUT2D eigenvalue weighted by Gasteiger charge is 2.27. The lowest BCUT2D eigenvalue weighted by molar-refractivity contribution is -0.384. The number of carbonyl (C=O) groups is 2. The summed E-state index contributed by atoms with van der Waals surface area (Å²) in [7, 11) is 0. The third-order valence-corrected chi connectivity index (χ3v) is 5.12. The van der Waals surface area contributed by atoms with Crippen LogP contribution in [0.2, 0.25) is 0 Å². The summed E-state index contributed by atoms with van der Waals surface area (Å²) in [6.07, 6.45) is 0.641. The van der Waals surface area contributed by atoms with Crippen molar-refractivity contribution in [3.63, 3.8) is 0 Å². The van der Waals surface area contributed by atoms with E-state index in [1.54, 1.807) is 36.4 Å². The van der Waals surface area contributed by atoms with Gasteiger partial charge in [-0.3, -0.25) is 14.9 Å². The van der Waals surface area contributed by atoms with Crippen LogP contribution in [0.15, 0.2) is 48.5 Å². The minimum absolute atomic E-state index is 0.00647. The van der Waals surface area contributed by atoms with Gasteiger partial charge < -0.3 is 15.4 Å². The molecule has 3 rings (SSSR count). The monoisotopic (exact) mass is 397 g/mol. The number of hydrogen-bond acceptors (Lipinski definition) is 6. The highest BCUT2D eigenvalue weighted by molar-refractivity contribution is 5.94. The second-order valence-electron chi connectivity index (χ2n) is 7.23. The Bertz CT molecular complexity index is 908. The van der Waals surface area contributed by atoms with Gasteiger partial charge in [-0.2, -0.15) is 0 Å². The lowest BCUT2D eigenvalue weighted by Gasteiger charge is -2.31. The van der Waals surface area contributed by atoms with Gasteiger partial charge in [0.15, 0.2) is 0 Å². The highest BCUT2D eigenvalue weighted by Crippen LogP contribution is 2.33. The Kier molecular flexibility index (Phi) is 6.11. The van der Waals surface area contributed by atoms with E-state index < -0.39 is 22.9 Å². The molecule has 8 nitrogen and oxygen atoms in total. The Hall–Kier alpha value is -3.42. The summed E-state index contributed by atoms with van der Waals surface area (Å²) in [5.74, 6) is -1.08.